The zero-order valence-electron chi connectivity index (χ0n) is 22.9. The maximum Gasteiger partial charge on any atom is 0.407 e. The third-order valence-electron chi connectivity index (χ3n) is 7.16. The molecule has 214 valence electrons. The third kappa shape index (κ3) is 5.62. The second-order valence-corrected chi connectivity index (χ2v) is 14.5. The van der Waals surface area contributed by atoms with Crippen LogP contribution in [0.25, 0.3) is 21.8 Å². The van der Waals surface area contributed by atoms with Crippen molar-refractivity contribution in [3.8, 4) is 21.8 Å². The molecule has 2 aromatic heterocycles. The molecule has 1 amide bonds. The summed E-state index contributed by atoms with van der Waals surface area (Å²) in [5, 5.41) is 13.3. The van der Waals surface area contributed by atoms with E-state index in [0.29, 0.717) is 41.7 Å². The average molecular weight is 589 g/mol. The van der Waals surface area contributed by atoms with Gasteiger partial charge in [0.2, 0.25) is 16.0 Å². The van der Waals surface area contributed by atoms with Gasteiger partial charge in [-0.25, -0.2) is 32.6 Å². The van der Waals surface area contributed by atoms with Crippen molar-refractivity contribution in [2.45, 2.75) is 58.4 Å². The topological polar surface area (TPSA) is 137 Å². The van der Waals surface area contributed by atoms with Crippen LogP contribution in [-0.2, 0) is 15.4 Å². The molecule has 3 N–H and O–H groups in total. The first-order valence-corrected chi connectivity index (χ1v) is 15.6. The number of benzene rings is 1. The van der Waals surface area contributed by atoms with Crippen LogP contribution in [0.2, 0.25) is 0 Å². The summed E-state index contributed by atoms with van der Waals surface area (Å²) >= 11 is 1.42. The quantitative estimate of drug-likeness (QED) is 0.318. The van der Waals surface area contributed by atoms with Gasteiger partial charge in [-0.2, -0.15) is 0 Å². The van der Waals surface area contributed by atoms with Crippen molar-refractivity contribution in [2.75, 3.05) is 28.9 Å². The number of amides is 1. The van der Waals surface area contributed by atoms with E-state index in [1.165, 1.54) is 22.3 Å². The number of hydrogen-bond acceptors (Lipinski definition) is 8. The molecule has 13 heteroatoms. The van der Waals surface area contributed by atoms with Crippen LogP contribution in [0, 0.1) is 11.2 Å². The van der Waals surface area contributed by atoms with E-state index in [1.807, 2.05) is 20.8 Å². The van der Waals surface area contributed by atoms with Crippen LogP contribution in [0.5, 0.6) is 0 Å². The highest BCUT2D eigenvalue weighted by atomic mass is 32.2. The van der Waals surface area contributed by atoms with E-state index in [2.05, 4.69) is 15.0 Å². The lowest BCUT2D eigenvalue weighted by molar-refractivity contribution is -0.0520. The molecule has 40 heavy (non-hydrogen) atoms. The largest absolute Gasteiger partial charge is 0.465 e. The number of anilines is 2. The van der Waals surface area contributed by atoms with Gasteiger partial charge in [-0.3, -0.25) is 4.72 Å². The lowest BCUT2D eigenvalue weighted by atomic mass is 9.61. The van der Waals surface area contributed by atoms with Crippen LogP contribution >= 0.6 is 11.3 Å². The van der Waals surface area contributed by atoms with Gasteiger partial charge in [0.25, 0.3) is 0 Å². The number of thiazole rings is 1. The summed E-state index contributed by atoms with van der Waals surface area (Å²) in [4.78, 5) is 27.1. The molecule has 1 spiro atoms. The van der Waals surface area contributed by atoms with Crippen molar-refractivity contribution >= 4 is 39.1 Å². The zero-order chi connectivity index (χ0) is 28.9. The normalized spacial score (nSPS) is 16.9. The number of aromatic nitrogens is 3. The smallest absolute Gasteiger partial charge is 0.407 e. The number of carboxylic acid groups (broad SMARTS) is 1. The van der Waals surface area contributed by atoms with Gasteiger partial charge in [-0.15, -0.1) is 11.3 Å². The van der Waals surface area contributed by atoms with E-state index in [9.17, 15) is 13.2 Å². The molecule has 10 nitrogen and oxygen atoms in total. The van der Waals surface area contributed by atoms with Crippen LogP contribution < -0.4 is 10.0 Å². The number of carbonyl (C=O) groups is 1. The van der Waals surface area contributed by atoms with Gasteiger partial charge in [-0.1, -0.05) is 33.8 Å². The summed E-state index contributed by atoms with van der Waals surface area (Å²) in [6, 6.07) is 6.48. The molecule has 3 aromatic rings. The van der Waals surface area contributed by atoms with Crippen molar-refractivity contribution in [1.82, 2.24) is 19.9 Å². The van der Waals surface area contributed by atoms with Gasteiger partial charge in [0, 0.05) is 41.7 Å². The fraction of sp³-hybridized carbons (Fsp3) is 0.481. The lowest BCUT2D eigenvalue weighted by Crippen LogP contribution is -2.66. The Hall–Kier alpha value is -3.32. The second-order valence-electron chi connectivity index (χ2n) is 11.7. The van der Waals surface area contributed by atoms with Crippen molar-refractivity contribution in [2.24, 2.45) is 5.41 Å². The Kier molecular flexibility index (Phi) is 7.24. The first kappa shape index (κ1) is 28.2. The fourth-order valence-corrected chi connectivity index (χ4v) is 7.50. The molecule has 0 unspecified atom stereocenters. The summed E-state index contributed by atoms with van der Waals surface area (Å²) in [6.07, 6.45) is 2.86. The standard InChI is InChI=1S/C27H33FN6O4S2/c1-5-11-40(37,38)33-18-8-6-7-17(20(18)28)21-22(39-23(32-21)26(2,3)4)19-9-10-29-24(31-19)30-16-12-27(13-16)14-34(15-27)25(35)36/h6-10,16,33H,5,11-15H2,1-4H3,(H,35,36)(H,29,30,31). The van der Waals surface area contributed by atoms with E-state index in [4.69, 9.17) is 15.1 Å². The molecular formula is C27H33FN6O4S2. The van der Waals surface area contributed by atoms with Gasteiger partial charge >= 0.3 is 6.09 Å². The van der Waals surface area contributed by atoms with Gasteiger partial charge in [0.05, 0.1) is 32.7 Å². The minimum absolute atomic E-state index is 0.0430. The van der Waals surface area contributed by atoms with Crippen LogP contribution in [0.4, 0.5) is 20.8 Å². The minimum Gasteiger partial charge on any atom is -0.465 e. The highest BCUT2D eigenvalue weighted by Gasteiger charge is 2.54. The van der Waals surface area contributed by atoms with E-state index < -0.39 is 21.9 Å². The Morgan fingerprint density at radius 3 is 2.60 bits per heavy atom. The van der Waals surface area contributed by atoms with E-state index in [-0.39, 0.29) is 33.9 Å². The van der Waals surface area contributed by atoms with Gasteiger partial charge in [0.1, 0.15) is 0 Å². The average Bonchev–Trinajstić information content (AvgIpc) is 3.27. The first-order chi connectivity index (χ1) is 18.8. The monoisotopic (exact) mass is 588 g/mol. The van der Waals surface area contributed by atoms with Crippen molar-refractivity contribution in [3.63, 3.8) is 0 Å². The second kappa shape index (κ2) is 10.3. The molecule has 1 aliphatic carbocycles. The van der Waals surface area contributed by atoms with Gasteiger partial charge < -0.3 is 15.3 Å². The number of nitrogens with zero attached hydrogens (tertiary/aromatic N) is 4. The Balaban J connectivity index is 1.43. The van der Waals surface area contributed by atoms with E-state index >= 15 is 4.39 Å². The third-order valence-corrected chi connectivity index (χ3v) is 10.1. The molecule has 1 saturated heterocycles. The highest BCUT2D eigenvalue weighted by Crippen LogP contribution is 2.49. The summed E-state index contributed by atoms with van der Waals surface area (Å²) in [5.41, 5.74) is 0.756. The molecular weight excluding hydrogens is 555 g/mol. The molecule has 1 aliphatic heterocycles. The number of hydrogen-bond donors (Lipinski definition) is 3. The highest BCUT2D eigenvalue weighted by molar-refractivity contribution is 7.92. The molecule has 0 atom stereocenters. The Morgan fingerprint density at radius 1 is 1.23 bits per heavy atom. The molecule has 1 saturated carbocycles. The SMILES string of the molecule is CCCS(=O)(=O)Nc1cccc(-c2nc(C(C)(C)C)sc2-c2ccnc(NC3CC4(C3)CN(C(=O)O)C4)n2)c1F. The Bertz CT molecular complexity index is 1540. The maximum atomic E-state index is 15.8. The van der Waals surface area contributed by atoms with Crippen LogP contribution in [0.3, 0.4) is 0 Å². The van der Waals surface area contributed by atoms with Crippen molar-refractivity contribution in [1.29, 1.82) is 0 Å². The van der Waals surface area contributed by atoms with E-state index in [1.54, 1.807) is 31.3 Å². The first-order valence-electron chi connectivity index (χ1n) is 13.2. The number of sulfonamides is 1. The molecule has 0 bridgehead atoms. The molecule has 5 rings (SSSR count). The van der Waals surface area contributed by atoms with Crippen LogP contribution in [0.1, 0.15) is 52.0 Å². The van der Waals surface area contributed by atoms with Crippen LogP contribution in [0.15, 0.2) is 30.5 Å². The predicted molar refractivity (Wildman–Crippen MR) is 154 cm³/mol. The molecule has 0 radical (unpaired) electrons. The lowest BCUT2D eigenvalue weighted by Gasteiger charge is -2.58. The molecule has 2 aliphatic rings. The fourth-order valence-electron chi connectivity index (χ4n) is 5.26. The van der Waals surface area contributed by atoms with Crippen molar-refractivity contribution < 1.29 is 22.7 Å². The number of halogens is 1. The van der Waals surface area contributed by atoms with Crippen molar-refractivity contribution in [3.05, 3.63) is 41.3 Å². The predicted octanol–water partition coefficient (Wildman–Crippen LogP) is 5.41. The zero-order valence-corrected chi connectivity index (χ0v) is 24.5. The van der Waals surface area contributed by atoms with Crippen LogP contribution in [-0.4, -0.2) is 64.4 Å². The Labute approximate surface area is 237 Å². The van der Waals surface area contributed by atoms with E-state index in [0.717, 1.165) is 17.8 Å². The molecule has 2 fully saturated rings. The van der Waals surface area contributed by atoms with Gasteiger partial charge in [-0.05, 0) is 37.5 Å². The maximum absolute atomic E-state index is 15.8. The van der Waals surface area contributed by atoms with Gasteiger partial charge in [0.15, 0.2) is 5.82 Å². The number of rotatable bonds is 8. The summed E-state index contributed by atoms with van der Waals surface area (Å²) in [6.45, 7) is 8.93. The summed E-state index contributed by atoms with van der Waals surface area (Å²) in [7, 11) is -3.68. The summed E-state index contributed by atoms with van der Waals surface area (Å²) < 4.78 is 42.8. The Morgan fingerprint density at radius 2 is 1.95 bits per heavy atom. The summed E-state index contributed by atoms with van der Waals surface area (Å²) in [5.74, 6) is -0.370. The molecule has 3 heterocycles. The number of nitrogens with one attached hydrogen (secondary N) is 2. The minimum atomic E-state index is -3.68. The molecule has 1 aromatic carbocycles. The number of likely N-dealkylation sites (tertiary alicyclic amines) is 1.